The molecule has 1 saturated heterocycles. The van der Waals surface area contributed by atoms with Crippen molar-refractivity contribution in [2.24, 2.45) is 0 Å². The van der Waals surface area contributed by atoms with E-state index in [9.17, 15) is 9.59 Å². The van der Waals surface area contributed by atoms with Gasteiger partial charge in [-0.25, -0.2) is 4.98 Å². The topological polar surface area (TPSA) is 65.5 Å². The smallest absolute Gasteiger partial charge is 0.257 e. The molecule has 26 heavy (non-hydrogen) atoms. The summed E-state index contributed by atoms with van der Waals surface area (Å²) in [6, 6.07) is 9.53. The summed E-state index contributed by atoms with van der Waals surface area (Å²) >= 11 is 1.34. The molecule has 138 valence electrons. The maximum Gasteiger partial charge on any atom is 0.257 e. The number of nitrogens with one attached hydrogen (secondary N) is 1. The summed E-state index contributed by atoms with van der Waals surface area (Å²) < 4.78 is 0. The SMILES string of the molecule is CC(C)N1CCN(C(=O)Cc2csc(NC(=O)c3ccccc3)n2)CC1. The van der Waals surface area contributed by atoms with Crippen LogP contribution in [0.3, 0.4) is 0 Å². The molecule has 0 spiro atoms. The number of hydrogen-bond donors (Lipinski definition) is 1. The summed E-state index contributed by atoms with van der Waals surface area (Å²) in [6.07, 6.45) is 0.277. The highest BCUT2D eigenvalue weighted by Gasteiger charge is 2.23. The number of benzene rings is 1. The molecule has 0 radical (unpaired) electrons. The normalized spacial score (nSPS) is 15.3. The Bertz CT molecular complexity index is 752. The van der Waals surface area contributed by atoms with Crippen LogP contribution >= 0.6 is 11.3 Å². The summed E-state index contributed by atoms with van der Waals surface area (Å²) in [6.45, 7) is 7.71. The molecule has 1 aliphatic heterocycles. The van der Waals surface area contributed by atoms with Crippen LogP contribution in [0.4, 0.5) is 5.13 Å². The Morgan fingerprint density at radius 1 is 1.15 bits per heavy atom. The summed E-state index contributed by atoms with van der Waals surface area (Å²) in [4.78, 5) is 33.3. The average molecular weight is 372 g/mol. The zero-order chi connectivity index (χ0) is 18.5. The van der Waals surface area contributed by atoms with Crippen LogP contribution in [0, 0.1) is 0 Å². The third-order valence-corrected chi connectivity index (χ3v) is 5.34. The molecule has 1 aromatic carbocycles. The van der Waals surface area contributed by atoms with Crippen molar-refractivity contribution >= 4 is 28.3 Å². The Kier molecular flexibility index (Phi) is 6.00. The van der Waals surface area contributed by atoms with Gasteiger partial charge in [-0.2, -0.15) is 0 Å². The second kappa shape index (κ2) is 8.42. The minimum absolute atomic E-state index is 0.0969. The molecule has 0 atom stereocenters. The number of carbonyl (C=O) groups is 2. The molecule has 0 saturated carbocycles. The number of hydrogen-bond acceptors (Lipinski definition) is 5. The van der Waals surface area contributed by atoms with Crippen molar-refractivity contribution in [1.29, 1.82) is 0 Å². The number of thiazole rings is 1. The van der Waals surface area contributed by atoms with E-state index in [0.29, 0.717) is 22.4 Å². The standard InChI is InChI=1S/C19H24N4O2S/c1-14(2)22-8-10-23(11-9-22)17(24)12-16-13-26-19(20-16)21-18(25)15-6-4-3-5-7-15/h3-7,13-14H,8-12H2,1-2H3,(H,20,21,25). The van der Waals surface area contributed by atoms with E-state index < -0.39 is 0 Å². The van der Waals surface area contributed by atoms with E-state index in [1.807, 2.05) is 28.5 Å². The van der Waals surface area contributed by atoms with Crippen molar-refractivity contribution in [3.63, 3.8) is 0 Å². The Morgan fingerprint density at radius 2 is 1.85 bits per heavy atom. The van der Waals surface area contributed by atoms with Gasteiger partial charge in [0.25, 0.3) is 5.91 Å². The monoisotopic (exact) mass is 372 g/mol. The molecular weight excluding hydrogens is 348 g/mol. The van der Waals surface area contributed by atoms with Crippen LogP contribution in [-0.2, 0) is 11.2 Å². The zero-order valence-electron chi connectivity index (χ0n) is 15.1. The van der Waals surface area contributed by atoms with E-state index in [2.05, 4.69) is 29.0 Å². The predicted molar refractivity (Wildman–Crippen MR) is 104 cm³/mol. The second-order valence-corrected chi connectivity index (χ2v) is 7.51. The molecule has 2 amide bonds. The molecule has 1 aromatic heterocycles. The lowest BCUT2D eigenvalue weighted by Gasteiger charge is -2.36. The molecule has 6 nitrogen and oxygen atoms in total. The van der Waals surface area contributed by atoms with Gasteiger partial charge in [0.15, 0.2) is 5.13 Å². The van der Waals surface area contributed by atoms with Crippen molar-refractivity contribution in [2.75, 3.05) is 31.5 Å². The van der Waals surface area contributed by atoms with Crippen LogP contribution in [0.25, 0.3) is 0 Å². The highest BCUT2D eigenvalue weighted by molar-refractivity contribution is 7.14. The van der Waals surface area contributed by atoms with Gasteiger partial charge in [0, 0.05) is 43.2 Å². The first kappa shape index (κ1) is 18.5. The Hall–Kier alpha value is -2.25. The van der Waals surface area contributed by atoms with Crippen molar-refractivity contribution in [1.82, 2.24) is 14.8 Å². The number of rotatable bonds is 5. The fourth-order valence-electron chi connectivity index (χ4n) is 2.96. The van der Waals surface area contributed by atoms with Crippen LogP contribution in [0.15, 0.2) is 35.7 Å². The van der Waals surface area contributed by atoms with Crippen LogP contribution < -0.4 is 5.32 Å². The molecule has 0 bridgehead atoms. The molecule has 2 heterocycles. The molecule has 0 aliphatic carbocycles. The van der Waals surface area contributed by atoms with Crippen LogP contribution in [0.2, 0.25) is 0 Å². The molecular formula is C19H24N4O2S. The van der Waals surface area contributed by atoms with Gasteiger partial charge in [-0.05, 0) is 26.0 Å². The number of amides is 2. The van der Waals surface area contributed by atoms with E-state index in [-0.39, 0.29) is 18.2 Å². The van der Waals surface area contributed by atoms with Gasteiger partial charge in [0.1, 0.15) is 0 Å². The van der Waals surface area contributed by atoms with Gasteiger partial charge in [-0.3, -0.25) is 19.8 Å². The number of carbonyl (C=O) groups excluding carboxylic acids is 2. The van der Waals surface area contributed by atoms with Crippen molar-refractivity contribution < 1.29 is 9.59 Å². The average Bonchev–Trinajstić information content (AvgIpc) is 3.09. The molecule has 0 unspecified atom stereocenters. The Labute approximate surface area is 157 Å². The van der Waals surface area contributed by atoms with Gasteiger partial charge in [0.05, 0.1) is 12.1 Å². The number of nitrogens with zero attached hydrogens (tertiary/aromatic N) is 3. The first-order valence-electron chi connectivity index (χ1n) is 8.85. The highest BCUT2D eigenvalue weighted by Crippen LogP contribution is 2.18. The van der Waals surface area contributed by atoms with Gasteiger partial charge in [-0.15, -0.1) is 11.3 Å². The quantitative estimate of drug-likeness (QED) is 0.876. The number of aromatic nitrogens is 1. The maximum absolute atomic E-state index is 12.5. The summed E-state index contributed by atoms with van der Waals surface area (Å²) in [5, 5.41) is 5.14. The Morgan fingerprint density at radius 3 is 2.50 bits per heavy atom. The lowest BCUT2D eigenvalue weighted by atomic mass is 10.2. The van der Waals surface area contributed by atoms with Crippen LogP contribution in [-0.4, -0.2) is 58.8 Å². The third-order valence-electron chi connectivity index (χ3n) is 4.54. The van der Waals surface area contributed by atoms with E-state index in [0.717, 1.165) is 26.2 Å². The van der Waals surface area contributed by atoms with Crippen LogP contribution in [0.5, 0.6) is 0 Å². The first-order valence-corrected chi connectivity index (χ1v) is 9.73. The predicted octanol–water partition coefficient (Wildman–Crippen LogP) is 2.49. The van der Waals surface area contributed by atoms with E-state index in [4.69, 9.17) is 0 Å². The Balaban J connectivity index is 1.52. The minimum Gasteiger partial charge on any atom is -0.340 e. The highest BCUT2D eigenvalue weighted by atomic mass is 32.1. The second-order valence-electron chi connectivity index (χ2n) is 6.65. The number of anilines is 1. The van der Waals surface area contributed by atoms with Gasteiger partial charge in [0.2, 0.25) is 5.91 Å². The number of piperazine rings is 1. The van der Waals surface area contributed by atoms with Crippen LogP contribution in [0.1, 0.15) is 29.9 Å². The van der Waals surface area contributed by atoms with Gasteiger partial charge < -0.3 is 4.90 Å². The fraction of sp³-hybridized carbons (Fsp3) is 0.421. The summed E-state index contributed by atoms with van der Waals surface area (Å²) in [7, 11) is 0. The van der Waals surface area contributed by atoms with Crippen molar-refractivity contribution in [3.05, 3.63) is 47.0 Å². The largest absolute Gasteiger partial charge is 0.340 e. The van der Waals surface area contributed by atoms with Gasteiger partial charge >= 0.3 is 0 Å². The zero-order valence-corrected chi connectivity index (χ0v) is 16.0. The molecule has 1 N–H and O–H groups in total. The lowest BCUT2D eigenvalue weighted by molar-refractivity contribution is -0.132. The molecule has 3 rings (SSSR count). The fourth-order valence-corrected chi connectivity index (χ4v) is 3.66. The lowest BCUT2D eigenvalue weighted by Crippen LogP contribution is -2.51. The summed E-state index contributed by atoms with van der Waals surface area (Å²) in [5.74, 6) is -0.0951. The third kappa shape index (κ3) is 4.68. The van der Waals surface area contributed by atoms with Crippen molar-refractivity contribution in [3.8, 4) is 0 Å². The molecule has 2 aromatic rings. The van der Waals surface area contributed by atoms with E-state index in [1.165, 1.54) is 11.3 Å². The molecule has 7 heteroatoms. The van der Waals surface area contributed by atoms with E-state index in [1.54, 1.807) is 12.1 Å². The van der Waals surface area contributed by atoms with Gasteiger partial charge in [-0.1, -0.05) is 18.2 Å². The summed E-state index contributed by atoms with van der Waals surface area (Å²) in [5.41, 5.74) is 1.29. The van der Waals surface area contributed by atoms with Crippen molar-refractivity contribution in [2.45, 2.75) is 26.3 Å². The first-order chi connectivity index (χ1) is 12.5. The minimum atomic E-state index is -0.192. The maximum atomic E-state index is 12.5. The molecule has 1 fully saturated rings. The van der Waals surface area contributed by atoms with E-state index >= 15 is 0 Å². The molecule has 1 aliphatic rings.